The Labute approximate surface area is 105 Å². The first kappa shape index (κ1) is 12.4. The van der Waals surface area contributed by atoms with E-state index in [-0.39, 0.29) is 29.3 Å². The highest BCUT2D eigenvalue weighted by atomic mass is 19.1. The molecule has 0 radical (unpaired) electrons. The monoisotopic (exact) mass is 250 g/mol. The molecule has 0 bridgehead atoms. The summed E-state index contributed by atoms with van der Waals surface area (Å²) >= 11 is 0. The normalized spacial score (nSPS) is 20.7. The van der Waals surface area contributed by atoms with Crippen molar-refractivity contribution in [1.29, 1.82) is 0 Å². The summed E-state index contributed by atoms with van der Waals surface area (Å²) in [5.41, 5.74) is 0.697. The molecule has 18 heavy (non-hydrogen) atoms. The van der Waals surface area contributed by atoms with Crippen LogP contribution in [-0.2, 0) is 4.79 Å². The zero-order valence-corrected chi connectivity index (χ0v) is 10.5. The van der Waals surface area contributed by atoms with Gasteiger partial charge in [-0.2, -0.15) is 0 Å². The van der Waals surface area contributed by atoms with E-state index in [4.69, 9.17) is 0 Å². The van der Waals surface area contributed by atoms with Crippen molar-refractivity contribution in [2.45, 2.75) is 13.1 Å². The first-order valence-electron chi connectivity index (χ1n) is 5.62. The Morgan fingerprint density at radius 1 is 1.17 bits per heavy atom. The second-order valence-corrected chi connectivity index (χ2v) is 4.36. The van der Waals surface area contributed by atoms with Crippen molar-refractivity contribution in [3.8, 4) is 0 Å². The predicted octanol–water partition coefficient (Wildman–Crippen LogP) is 1.80. The Bertz CT molecular complexity index is 510. The lowest BCUT2D eigenvalue weighted by Gasteiger charge is -2.39. The Hall–Kier alpha value is -2.04. The molecule has 5 heteroatoms. The van der Waals surface area contributed by atoms with Gasteiger partial charge in [-0.05, 0) is 24.6 Å². The summed E-state index contributed by atoms with van der Waals surface area (Å²) in [5, 5.41) is 10.1. The number of likely N-dealkylation sites (N-methyl/N-ethyl adjacent to an activating group) is 1. The van der Waals surface area contributed by atoms with Crippen LogP contribution in [0.25, 0.3) is 5.57 Å². The third kappa shape index (κ3) is 1.81. The van der Waals surface area contributed by atoms with Crippen molar-refractivity contribution in [3.63, 3.8) is 0 Å². The molecule has 4 nitrogen and oxygen atoms in total. The van der Waals surface area contributed by atoms with Gasteiger partial charge in [0.05, 0.1) is 0 Å². The third-order valence-corrected chi connectivity index (χ3v) is 3.35. The fourth-order valence-corrected chi connectivity index (χ4v) is 1.92. The van der Waals surface area contributed by atoms with Crippen molar-refractivity contribution in [2.75, 3.05) is 14.1 Å². The number of nitrogens with zero attached hydrogens (tertiary/aromatic N) is 2. The lowest BCUT2D eigenvalue weighted by Crippen LogP contribution is -2.50. The Kier molecular flexibility index (Phi) is 2.98. The maximum Gasteiger partial charge on any atom is 0.261 e. The quantitative estimate of drug-likeness (QED) is 0.826. The van der Waals surface area contributed by atoms with Gasteiger partial charge in [0, 0.05) is 14.1 Å². The fraction of sp³-hybridized carbons (Fsp3) is 0.308. The van der Waals surface area contributed by atoms with Crippen LogP contribution in [0.4, 0.5) is 4.39 Å². The molecule has 2 rings (SSSR count). The Balaban J connectivity index is 2.53. The number of carbonyl (C=O) groups excluding carboxylic acids is 1. The second kappa shape index (κ2) is 4.33. The Morgan fingerprint density at radius 2 is 1.72 bits per heavy atom. The highest BCUT2D eigenvalue weighted by Gasteiger charge is 2.33. The van der Waals surface area contributed by atoms with Crippen molar-refractivity contribution >= 4 is 11.5 Å². The van der Waals surface area contributed by atoms with Crippen LogP contribution in [0.15, 0.2) is 30.1 Å². The van der Waals surface area contributed by atoms with Crippen LogP contribution in [0, 0.1) is 5.82 Å². The summed E-state index contributed by atoms with van der Waals surface area (Å²) in [6.07, 6.45) is -0.221. The molecule has 1 amide bonds. The summed E-state index contributed by atoms with van der Waals surface area (Å²) in [6.45, 7) is 1.82. The van der Waals surface area contributed by atoms with Crippen LogP contribution in [-0.4, -0.2) is 41.1 Å². The lowest BCUT2D eigenvalue weighted by atomic mass is 10.0. The van der Waals surface area contributed by atoms with E-state index in [0.717, 1.165) is 0 Å². The molecular weight excluding hydrogens is 235 g/mol. The van der Waals surface area contributed by atoms with Gasteiger partial charge >= 0.3 is 0 Å². The van der Waals surface area contributed by atoms with Gasteiger partial charge in [-0.1, -0.05) is 12.1 Å². The number of carbonyl (C=O) groups is 1. The van der Waals surface area contributed by atoms with E-state index in [2.05, 4.69) is 0 Å². The van der Waals surface area contributed by atoms with Gasteiger partial charge in [-0.3, -0.25) is 4.79 Å². The molecule has 1 atom stereocenters. The zero-order chi connectivity index (χ0) is 13.4. The first-order chi connectivity index (χ1) is 8.43. The van der Waals surface area contributed by atoms with E-state index in [0.29, 0.717) is 5.56 Å². The number of amides is 1. The van der Waals surface area contributed by atoms with Crippen LogP contribution in [0.1, 0.15) is 12.5 Å². The number of halogens is 1. The van der Waals surface area contributed by atoms with Gasteiger partial charge in [0.15, 0.2) is 0 Å². The van der Waals surface area contributed by atoms with Crippen molar-refractivity contribution in [1.82, 2.24) is 9.80 Å². The smallest absolute Gasteiger partial charge is 0.261 e. The molecule has 1 aromatic carbocycles. The highest BCUT2D eigenvalue weighted by Crippen LogP contribution is 2.28. The van der Waals surface area contributed by atoms with E-state index >= 15 is 0 Å². The van der Waals surface area contributed by atoms with E-state index in [1.807, 2.05) is 6.92 Å². The van der Waals surface area contributed by atoms with Gasteiger partial charge in [0.25, 0.3) is 5.91 Å². The van der Waals surface area contributed by atoms with Crippen LogP contribution < -0.4 is 0 Å². The molecule has 0 aliphatic carbocycles. The minimum absolute atomic E-state index is 0.0859. The molecule has 0 fully saturated rings. The SMILES string of the molecule is CC1N(C)C(=O)C(c2ccc(F)cc2)=C(O)N1C. The third-order valence-electron chi connectivity index (χ3n) is 3.35. The van der Waals surface area contributed by atoms with Gasteiger partial charge < -0.3 is 14.9 Å². The zero-order valence-electron chi connectivity index (χ0n) is 10.5. The van der Waals surface area contributed by atoms with Gasteiger partial charge in [-0.25, -0.2) is 4.39 Å². The number of rotatable bonds is 1. The molecule has 0 saturated heterocycles. The molecule has 1 N–H and O–H groups in total. The topological polar surface area (TPSA) is 43.8 Å². The summed E-state index contributed by atoms with van der Waals surface area (Å²) in [7, 11) is 3.37. The summed E-state index contributed by atoms with van der Waals surface area (Å²) in [6, 6.07) is 5.49. The summed E-state index contributed by atoms with van der Waals surface area (Å²) in [5.74, 6) is -0.737. The minimum Gasteiger partial charge on any atom is -0.494 e. The predicted molar refractivity (Wildman–Crippen MR) is 65.9 cm³/mol. The maximum atomic E-state index is 12.9. The van der Waals surface area contributed by atoms with Crippen LogP contribution >= 0.6 is 0 Å². The largest absolute Gasteiger partial charge is 0.494 e. The molecule has 0 spiro atoms. The average molecular weight is 250 g/mol. The van der Waals surface area contributed by atoms with Crippen molar-refractivity contribution < 1.29 is 14.3 Å². The molecule has 0 saturated carbocycles. The minimum atomic E-state index is -0.378. The number of hydrogen-bond donors (Lipinski definition) is 1. The molecule has 1 aromatic rings. The molecule has 0 aromatic heterocycles. The number of aliphatic hydroxyl groups is 1. The molecule has 1 heterocycles. The standard InChI is InChI=1S/C13H15FN2O2/c1-8-15(2)12(17)11(13(18)16(8)3)9-4-6-10(14)7-5-9/h4-8,17H,1-3H3. The van der Waals surface area contributed by atoms with Crippen molar-refractivity contribution in [3.05, 3.63) is 41.5 Å². The van der Waals surface area contributed by atoms with Crippen LogP contribution in [0.5, 0.6) is 0 Å². The number of benzene rings is 1. The van der Waals surface area contributed by atoms with E-state index in [1.54, 1.807) is 19.0 Å². The van der Waals surface area contributed by atoms with E-state index in [1.165, 1.54) is 29.2 Å². The summed E-state index contributed by atoms with van der Waals surface area (Å²) in [4.78, 5) is 15.3. The maximum absolute atomic E-state index is 12.9. The van der Waals surface area contributed by atoms with Crippen molar-refractivity contribution in [2.24, 2.45) is 0 Å². The molecule has 1 unspecified atom stereocenters. The van der Waals surface area contributed by atoms with Gasteiger partial charge in [-0.15, -0.1) is 0 Å². The lowest BCUT2D eigenvalue weighted by molar-refractivity contribution is -0.130. The average Bonchev–Trinajstić information content (AvgIpc) is 2.36. The first-order valence-corrected chi connectivity index (χ1v) is 5.62. The molecule has 1 aliphatic heterocycles. The van der Waals surface area contributed by atoms with E-state index in [9.17, 15) is 14.3 Å². The number of aliphatic hydroxyl groups excluding tert-OH is 1. The Morgan fingerprint density at radius 3 is 2.28 bits per heavy atom. The molecule has 96 valence electrons. The fourth-order valence-electron chi connectivity index (χ4n) is 1.92. The van der Waals surface area contributed by atoms with Gasteiger partial charge in [0.2, 0.25) is 5.88 Å². The molecular formula is C13H15FN2O2. The van der Waals surface area contributed by atoms with Crippen LogP contribution in [0.3, 0.4) is 0 Å². The van der Waals surface area contributed by atoms with Gasteiger partial charge in [0.1, 0.15) is 17.6 Å². The summed E-state index contributed by atoms with van der Waals surface area (Å²) < 4.78 is 12.9. The van der Waals surface area contributed by atoms with Crippen LogP contribution in [0.2, 0.25) is 0 Å². The molecule has 1 aliphatic rings. The number of hydrogen-bond acceptors (Lipinski definition) is 3. The second-order valence-electron chi connectivity index (χ2n) is 4.36. The highest BCUT2D eigenvalue weighted by molar-refractivity contribution is 6.20. The van der Waals surface area contributed by atoms with E-state index < -0.39 is 0 Å².